The Morgan fingerprint density at radius 3 is 2.79 bits per heavy atom. The van der Waals surface area contributed by atoms with Gasteiger partial charge in [0.25, 0.3) is 0 Å². The standard InChI is InChI=1S/C17H28N2/c1-4-12-18-16-10-7-9-15(16)13-19(3)17-11-6-5-8-14(17)2/h5-6,8,11,15-16,18H,4,7,9-10,12-13H2,1-3H3. The number of nitrogens with one attached hydrogen (secondary N) is 1. The van der Waals surface area contributed by atoms with Crippen LogP contribution in [-0.2, 0) is 0 Å². The van der Waals surface area contributed by atoms with E-state index in [1.807, 2.05) is 0 Å². The van der Waals surface area contributed by atoms with Crippen LogP contribution in [0.1, 0.15) is 38.2 Å². The molecule has 1 saturated carbocycles. The van der Waals surface area contributed by atoms with Crippen LogP contribution in [0.25, 0.3) is 0 Å². The molecule has 106 valence electrons. The maximum Gasteiger partial charge on any atom is 0.0393 e. The highest BCUT2D eigenvalue weighted by Gasteiger charge is 2.27. The molecular weight excluding hydrogens is 232 g/mol. The third-order valence-electron chi connectivity index (χ3n) is 4.35. The van der Waals surface area contributed by atoms with Crippen molar-refractivity contribution in [3.05, 3.63) is 29.8 Å². The van der Waals surface area contributed by atoms with Crippen LogP contribution in [0.5, 0.6) is 0 Å². The molecule has 0 aromatic heterocycles. The quantitative estimate of drug-likeness (QED) is 0.840. The molecule has 0 radical (unpaired) electrons. The van der Waals surface area contributed by atoms with Gasteiger partial charge >= 0.3 is 0 Å². The van der Waals surface area contributed by atoms with Gasteiger partial charge in [-0.3, -0.25) is 0 Å². The van der Waals surface area contributed by atoms with E-state index in [1.165, 1.54) is 43.5 Å². The molecular formula is C17H28N2. The number of hydrogen-bond donors (Lipinski definition) is 1. The molecule has 1 N–H and O–H groups in total. The molecule has 2 nitrogen and oxygen atoms in total. The predicted octanol–water partition coefficient (Wildman–Crippen LogP) is 3.60. The molecule has 1 aromatic carbocycles. The zero-order chi connectivity index (χ0) is 13.7. The van der Waals surface area contributed by atoms with Gasteiger partial charge in [-0.15, -0.1) is 0 Å². The van der Waals surface area contributed by atoms with E-state index in [1.54, 1.807) is 0 Å². The van der Waals surface area contributed by atoms with Gasteiger partial charge in [0.15, 0.2) is 0 Å². The normalized spacial score (nSPS) is 22.7. The van der Waals surface area contributed by atoms with Crippen molar-refractivity contribution in [1.29, 1.82) is 0 Å². The Morgan fingerprint density at radius 2 is 2.05 bits per heavy atom. The molecule has 0 bridgehead atoms. The SMILES string of the molecule is CCCNC1CCCC1CN(C)c1ccccc1C. The Hall–Kier alpha value is -1.02. The van der Waals surface area contributed by atoms with Crippen LogP contribution >= 0.6 is 0 Å². The van der Waals surface area contributed by atoms with Crippen LogP contribution in [-0.4, -0.2) is 26.2 Å². The molecule has 0 amide bonds. The van der Waals surface area contributed by atoms with Crippen LogP contribution in [0.3, 0.4) is 0 Å². The minimum absolute atomic E-state index is 0.728. The van der Waals surface area contributed by atoms with Crippen molar-refractivity contribution < 1.29 is 0 Å². The molecule has 1 aliphatic carbocycles. The van der Waals surface area contributed by atoms with Gasteiger partial charge in [-0.05, 0) is 50.3 Å². The lowest BCUT2D eigenvalue weighted by atomic mass is 10.0. The van der Waals surface area contributed by atoms with Crippen LogP contribution in [0.4, 0.5) is 5.69 Å². The Morgan fingerprint density at radius 1 is 1.26 bits per heavy atom. The first-order valence-electron chi connectivity index (χ1n) is 7.72. The maximum atomic E-state index is 3.73. The summed E-state index contributed by atoms with van der Waals surface area (Å²) in [6.45, 7) is 6.78. The van der Waals surface area contributed by atoms with Gasteiger partial charge in [-0.2, -0.15) is 0 Å². The predicted molar refractivity (Wildman–Crippen MR) is 83.9 cm³/mol. The smallest absolute Gasteiger partial charge is 0.0393 e. The van der Waals surface area contributed by atoms with Gasteiger partial charge in [0, 0.05) is 25.3 Å². The van der Waals surface area contributed by atoms with E-state index in [0.29, 0.717) is 0 Å². The topological polar surface area (TPSA) is 15.3 Å². The first kappa shape index (κ1) is 14.4. The number of nitrogens with zero attached hydrogens (tertiary/aromatic N) is 1. The summed E-state index contributed by atoms with van der Waals surface area (Å²) < 4.78 is 0. The highest BCUT2D eigenvalue weighted by Crippen LogP contribution is 2.28. The highest BCUT2D eigenvalue weighted by molar-refractivity contribution is 5.52. The van der Waals surface area contributed by atoms with Gasteiger partial charge in [0.2, 0.25) is 0 Å². The molecule has 0 saturated heterocycles. The molecule has 0 aliphatic heterocycles. The third kappa shape index (κ3) is 3.73. The third-order valence-corrected chi connectivity index (χ3v) is 4.35. The van der Waals surface area contributed by atoms with E-state index in [0.717, 1.165) is 18.5 Å². The molecule has 2 atom stereocenters. The fourth-order valence-electron chi connectivity index (χ4n) is 3.30. The van der Waals surface area contributed by atoms with E-state index >= 15 is 0 Å². The summed E-state index contributed by atoms with van der Waals surface area (Å²) >= 11 is 0. The van der Waals surface area contributed by atoms with Crippen LogP contribution in [0.2, 0.25) is 0 Å². The molecule has 1 fully saturated rings. The maximum absolute atomic E-state index is 3.73. The number of rotatable bonds is 6. The summed E-state index contributed by atoms with van der Waals surface area (Å²) in [6.07, 6.45) is 5.34. The van der Waals surface area contributed by atoms with Gasteiger partial charge in [-0.25, -0.2) is 0 Å². The summed E-state index contributed by atoms with van der Waals surface area (Å²) in [5.74, 6) is 0.802. The van der Waals surface area contributed by atoms with Crippen molar-refractivity contribution in [2.75, 3.05) is 25.0 Å². The average Bonchev–Trinajstić information content (AvgIpc) is 2.84. The van der Waals surface area contributed by atoms with E-state index in [4.69, 9.17) is 0 Å². The van der Waals surface area contributed by atoms with Crippen molar-refractivity contribution >= 4 is 5.69 Å². The first-order valence-corrected chi connectivity index (χ1v) is 7.72. The van der Waals surface area contributed by atoms with Crippen LogP contribution in [0, 0.1) is 12.8 Å². The van der Waals surface area contributed by atoms with Gasteiger partial charge in [0.1, 0.15) is 0 Å². The number of aryl methyl sites for hydroxylation is 1. The molecule has 19 heavy (non-hydrogen) atoms. The molecule has 1 aromatic rings. The van der Waals surface area contributed by atoms with Crippen molar-refractivity contribution in [2.45, 2.75) is 45.6 Å². The lowest BCUT2D eigenvalue weighted by Gasteiger charge is -2.28. The Balaban J connectivity index is 1.94. The highest BCUT2D eigenvalue weighted by atomic mass is 15.1. The second-order valence-electron chi connectivity index (χ2n) is 5.92. The minimum Gasteiger partial charge on any atom is -0.374 e. The first-order chi connectivity index (χ1) is 9.22. The summed E-state index contributed by atoms with van der Waals surface area (Å²) in [7, 11) is 2.23. The molecule has 2 heteroatoms. The van der Waals surface area contributed by atoms with Gasteiger partial charge in [0.05, 0.1) is 0 Å². The van der Waals surface area contributed by atoms with Crippen molar-refractivity contribution in [2.24, 2.45) is 5.92 Å². The fraction of sp³-hybridized carbons (Fsp3) is 0.647. The zero-order valence-corrected chi connectivity index (χ0v) is 12.7. The second kappa shape index (κ2) is 6.95. The molecule has 0 heterocycles. The largest absolute Gasteiger partial charge is 0.374 e. The lowest BCUT2D eigenvalue weighted by molar-refractivity contribution is 0.403. The summed E-state index contributed by atoms with van der Waals surface area (Å²) in [6, 6.07) is 9.42. The Bertz CT molecular complexity index is 389. The van der Waals surface area contributed by atoms with Crippen LogP contribution in [0.15, 0.2) is 24.3 Å². The van der Waals surface area contributed by atoms with E-state index in [2.05, 4.69) is 55.4 Å². The van der Waals surface area contributed by atoms with Crippen LogP contribution < -0.4 is 10.2 Å². The average molecular weight is 260 g/mol. The van der Waals surface area contributed by atoms with E-state index < -0.39 is 0 Å². The number of anilines is 1. The van der Waals surface area contributed by atoms with E-state index in [-0.39, 0.29) is 0 Å². The number of para-hydroxylation sites is 1. The van der Waals surface area contributed by atoms with Gasteiger partial charge < -0.3 is 10.2 Å². The Labute approximate surface area is 118 Å². The van der Waals surface area contributed by atoms with Crippen molar-refractivity contribution in [1.82, 2.24) is 5.32 Å². The number of hydrogen-bond acceptors (Lipinski definition) is 2. The minimum atomic E-state index is 0.728. The van der Waals surface area contributed by atoms with E-state index in [9.17, 15) is 0 Å². The molecule has 2 unspecified atom stereocenters. The van der Waals surface area contributed by atoms with Crippen molar-refractivity contribution in [3.8, 4) is 0 Å². The summed E-state index contributed by atoms with van der Waals surface area (Å²) in [5.41, 5.74) is 2.75. The number of benzene rings is 1. The summed E-state index contributed by atoms with van der Waals surface area (Å²) in [5, 5.41) is 3.73. The molecule has 1 aliphatic rings. The van der Waals surface area contributed by atoms with Gasteiger partial charge in [-0.1, -0.05) is 31.5 Å². The summed E-state index contributed by atoms with van der Waals surface area (Å²) in [4.78, 5) is 2.44. The fourth-order valence-corrected chi connectivity index (χ4v) is 3.30. The second-order valence-corrected chi connectivity index (χ2v) is 5.92. The lowest BCUT2D eigenvalue weighted by Crippen LogP contribution is -2.38. The Kier molecular flexibility index (Phi) is 5.26. The zero-order valence-electron chi connectivity index (χ0n) is 12.7. The molecule has 0 spiro atoms. The molecule has 2 rings (SSSR count). The van der Waals surface area contributed by atoms with Crippen molar-refractivity contribution in [3.63, 3.8) is 0 Å². The monoisotopic (exact) mass is 260 g/mol.